The maximum atomic E-state index is 10.8. The van der Waals surface area contributed by atoms with Crippen molar-refractivity contribution in [3.05, 3.63) is 43.9 Å². The van der Waals surface area contributed by atoms with E-state index in [0.717, 1.165) is 10.3 Å². The van der Waals surface area contributed by atoms with Gasteiger partial charge in [0.25, 0.3) is 0 Å². The van der Waals surface area contributed by atoms with E-state index in [1.807, 2.05) is 12.1 Å². The molecule has 4 nitrogen and oxygen atoms in total. The number of carbonyl (C=O) groups is 1. The molecule has 0 aliphatic heterocycles. The third kappa shape index (κ3) is 3.22. The summed E-state index contributed by atoms with van der Waals surface area (Å²) in [7, 11) is 0. The van der Waals surface area contributed by atoms with E-state index in [1.54, 1.807) is 24.3 Å². The van der Waals surface area contributed by atoms with Crippen LogP contribution in [0.1, 0.15) is 26.8 Å². The van der Waals surface area contributed by atoms with Crippen LogP contribution in [-0.2, 0) is 13.1 Å². The maximum Gasteiger partial charge on any atom is 0.339 e. The lowest BCUT2D eigenvalue weighted by molar-refractivity contribution is 0.0695. The van der Waals surface area contributed by atoms with Crippen molar-refractivity contribution >= 4 is 33.2 Å². The van der Waals surface area contributed by atoms with Gasteiger partial charge in [-0.1, -0.05) is 0 Å². The quantitative estimate of drug-likeness (QED) is 0.882. The Hall–Kier alpha value is -1.11. The molecule has 0 amide bonds. The molecule has 0 bridgehead atoms. The smallest absolute Gasteiger partial charge is 0.339 e. The van der Waals surface area contributed by atoms with Crippen LogP contribution in [0.5, 0.6) is 0 Å². The van der Waals surface area contributed by atoms with Gasteiger partial charge in [-0.05, 0) is 41.1 Å². The van der Waals surface area contributed by atoms with E-state index in [4.69, 9.17) is 9.52 Å². The molecule has 0 unspecified atom stereocenters. The number of nitrogens with one attached hydrogen (secondary N) is 1. The molecule has 0 radical (unpaired) electrons. The molecule has 2 aromatic rings. The predicted molar refractivity (Wildman–Crippen MR) is 73.0 cm³/mol. The van der Waals surface area contributed by atoms with E-state index in [2.05, 4.69) is 21.2 Å². The second-order valence-corrected chi connectivity index (χ2v) is 6.34. The van der Waals surface area contributed by atoms with Gasteiger partial charge in [-0.2, -0.15) is 0 Å². The monoisotopic (exact) mass is 329 g/mol. The Balaban J connectivity index is 1.90. The van der Waals surface area contributed by atoms with Crippen LogP contribution in [0.25, 0.3) is 0 Å². The minimum Gasteiger partial charge on any atom is -0.478 e. The molecule has 0 spiro atoms. The Kier molecular flexibility index (Phi) is 4.21. The lowest BCUT2D eigenvalue weighted by Gasteiger charge is -1.99. The molecule has 0 aliphatic rings. The molecule has 2 aromatic heterocycles. The number of halogens is 1. The van der Waals surface area contributed by atoms with Crippen LogP contribution in [0.2, 0.25) is 0 Å². The summed E-state index contributed by atoms with van der Waals surface area (Å²) in [5.41, 5.74) is 0.227. The highest BCUT2D eigenvalue weighted by atomic mass is 79.9. The molecule has 2 rings (SSSR count). The van der Waals surface area contributed by atoms with Crippen molar-refractivity contribution in [1.29, 1.82) is 0 Å². The van der Waals surface area contributed by atoms with Crippen LogP contribution in [0.3, 0.4) is 0 Å². The highest BCUT2D eigenvalue weighted by molar-refractivity contribution is 9.11. The molecule has 0 fully saturated rings. The average Bonchev–Trinajstić information content (AvgIpc) is 2.85. The third-order valence-corrected chi connectivity index (χ3v) is 4.05. The van der Waals surface area contributed by atoms with Gasteiger partial charge in [0.1, 0.15) is 17.1 Å². The van der Waals surface area contributed by atoms with Crippen molar-refractivity contribution in [1.82, 2.24) is 5.32 Å². The standard InChI is InChI=1S/C12H12BrNO3S/c1-7-10(12(15)16)4-8(17-7)5-14-6-9-2-3-11(13)18-9/h2-4,14H,5-6H2,1H3,(H,15,16). The van der Waals surface area contributed by atoms with Gasteiger partial charge >= 0.3 is 5.97 Å². The zero-order chi connectivity index (χ0) is 13.1. The summed E-state index contributed by atoms with van der Waals surface area (Å²) in [4.78, 5) is 12.1. The molecule has 96 valence electrons. The summed E-state index contributed by atoms with van der Waals surface area (Å²) >= 11 is 5.07. The van der Waals surface area contributed by atoms with E-state index in [0.29, 0.717) is 18.1 Å². The number of hydrogen-bond acceptors (Lipinski definition) is 4. The van der Waals surface area contributed by atoms with Crippen LogP contribution in [0.15, 0.2) is 26.4 Å². The fraction of sp³-hybridized carbons (Fsp3) is 0.250. The second-order valence-electron chi connectivity index (χ2n) is 3.80. The van der Waals surface area contributed by atoms with Gasteiger partial charge < -0.3 is 14.8 Å². The topological polar surface area (TPSA) is 62.5 Å². The van der Waals surface area contributed by atoms with Crippen molar-refractivity contribution < 1.29 is 14.3 Å². The average molecular weight is 330 g/mol. The first-order valence-electron chi connectivity index (χ1n) is 5.34. The predicted octanol–water partition coefficient (Wildman–Crippen LogP) is 3.40. The minimum atomic E-state index is -0.954. The molecule has 0 aromatic carbocycles. The van der Waals surface area contributed by atoms with Crippen LogP contribution in [-0.4, -0.2) is 11.1 Å². The number of carboxylic acids is 1. The summed E-state index contributed by atoms with van der Waals surface area (Å²) in [6, 6.07) is 5.61. The molecule has 0 saturated carbocycles. The number of thiophene rings is 1. The Morgan fingerprint density at radius 3 is 2.83 bits per heavy atom. The molecule has 0 saturated heterocycles. The molecular weight excluding hydrogens is 318 g/mol. The molecule has 18 heavy (non-hydrogen) atoms. The van der Waals surface area contributed by atoms with Gasteiger partial charge in [-0.25, -0.2) is 4.79 Å². The van der Waals surface area contributed by atoms with E-state index in [1.165, 1.54) is 4.88 Å². The number of rotatable bonds is 5. The van der Waals surface area contributed by atoms with E-state index in [-0.39, 0.29) is 5.56 Å². The third-order valence-electron chi connectivity index (χ3n) is 2.43. The fourth-order valence-electron chi connectivity index (χ4n) is 1.60. The lowest BCUT2D eigenvalue weighted by Crippen LogP contribution is -2.11. The highest BCUT2D eigenvalue weighted by Gasteiger charge is 2.13. The van der Waals surface area contributed by atoms with Crippen molar-refractivity contribution in [2.75, 3.05) is 0 Å². The van der Waals surface area contributed by atoms with Gasteiger partial charge in [0.05, 0.1) is 10.3 Å². The van der Waals surface area contributed by atoms with Gasteiger partial charge in [0.2, 0.25) is 0 Å². The molecule has 0 aliphatic carbocycles. The first kappa shape index (κ1) is 13.3. The van der Waals surface area contributed by atoms with Crippen molar-refractivity contribution in [3.63, 3.8) is 0 Å². The van der Waals surface area contributed by atoms with Gasteiger partial charge in [0, 0.05) is 11.4 Å². The lowest BCUT2D eigenvalue weighted by atomic mass is 10.2. The van der Waals surface area contributed by atoms with Crippen LogP contribution in [0.4, 0.5) is 0 Å². The van der Waals surface area contributed by atoms with Gasteiger partial charge in [0.15, 0.2) is 0 Å². The highest BCUT2D eigenvalue weighted by Crippen LogP contribution is 2.22. The normalized spacial score (nSPS) is 10.8. The molecule has 2 heterocycles. The fourth-order valence-corrected chi connectivity index (χ4v) is 3.05. The molecular formula is C12H12BrNO3S. The van der Waals surface area contributed by atoms with Crippen LogP contribution >= 0.6 is 27.3 Å². The number of hydrogen-bond donors (Lipinski definition) is 2. The molecule has 6 heteroatoms. The van der Waals surface area contributed by atoms with E-state index < -0.39 is 5.97 Å². The van der Waals surface area contributed by atoms with Crippen molar-refractivity contribution in [2.24, 2.45) is 0 Å². The number of furan rings is 1. The van der Waals surface area contributed by atoms with Crippen molar-refractivity contribution in [2.45, 2.75) is 20.0 Å². The summed E-state index contributed by atoms with van der Waals surface area (Å²) in [5.74, 6) is 0.128. The number of aromatic carboxylic acids is 1. The van der Waals surface area contributed by atoms with Crippen molar-refractivity contribution in [3.8, 4) is 0 Å². The van der Waals surface area contributed by atoms with Gasteiger partial charge in [-0.15, -0.1) is 11.3 Å². The first-order chi connectivity index (χ1) is 8.56. The Labute approximate surface area is 117 Å². The zero-order valence-corrected chi connectivity index (χ0v) is 12.1. The Bertz CT molecular complexity index is 561. The largest absolute Gasteiger partial charge is 0.478 e. The van der Waals surface area contributed by atoms with Crippen LogP contribution in [0, 0.1) is 6.92 Å². The Morgan fingerprint density at radius 2 is 2.28 bits per heavy atom. The summed E-state index contributed by atoms with van der Waals surface area (Å²) in [5, 5.41) is 12.1. The Morgan fingerprint density at radius 1 is 1.50 bits per heavy atom. The second kappa shape index (κ2) is 5.69. The van der Waals surface area contributed by atoms with E-state index >= 15 is 0 Å². The first-order valence-corrected chi connectivity index (χ1v) is 6.94. The van der Waals surface area contributed by atoms with Crippen LogP contribution < -0.4 is 5.32 Å². The minimum absolute atomic E-state index is 0.227. The number of aryl methyl sites for hydroxylation is 1. The summed E-state index contributed by atoms with van der Waals surface area (Å²) in [6.07, 6.45) is 0. The summed E-state index contributed by atoms with van der Waals surface area (Å²) < 4.78 is 6.47. The zero-order valence-electron chi connectivity index (χ0n) is 9.70. The molecule has 0 atom stereocenters. The molecule has 2 N–H and O–H groups in total. The maximum absolute atomic E-state index is 10.8. The van der Waals surface area contributed by atoms with Gasteiger partial charge in [-0.3, -0.25) is 0 Å². The SMILES string of the molecule is Cc1oc(CNCc2ccc(Br)s2)cc1C(=O)O. The van der Waals surface area contributed by atoms with E-state index in [9.17, 15) is 4.79 Å². The number of carboxylic acid groups (broad SMARTS) is 1. The summed E-state index contributed by atoms with van der Waals surface area (Å²) in [6.45, 7) is 2.91.